The van der Waals surface area contributed by atoms with Gasteiger partial charge in [0, 0.05) is 32.6 Å². The second-order valence-electron chi connectivity index (χ2n) is 5.97. The molecule has 2 aromatic rings. The molecule has 24 heavy (non-hydrogen) atoms. The van der Waals surface area contributed by atoms with Crippen molar-refractivity contribution in [3.05, 3.63) is 33.5 Å². The second kappa shape index (κ2) is 5.99. The van der Waals surface area contributed by atoms with E-state index in [9.17, 15) is 14.4 Å². The quantitative estimate of drug-likeness (QED) is 0.718. The monoisotopic (exact) mass is 332 g/mol. The van der Waals surface area contributed by atoms with Crippen LogP contribution in [0.15, 0.2) is 22.2 Å². The van der Waals surface area contributed by atoms with Crippen molar-refractivity contribution < 1.29 is 4.79 Å². The molecule has 128 valence electrons. The van der Waals surface area contributed by atoms with Gasteiger partial charge >= 0.3 is 5.69 Å². The van der Waals surface area contributed by atoms with Gasteiger partial charge in [-0.3, -0.25) is 19.1 Å². The number of nitrogens with one attached hydrogen (secondary N) is 1. The Kier molecular flexibility index (Phi) is 4.00. The lowest BCUT2D eigenvalue weighted by Crippen LogP contribution is -2.39. The summed E-state index contributed by atoms with van der Waals surface area (Å²) in [4.78, 5) is 44.2. The lowest BCUT2D eigenvalue weighted by molar-refractivity contribution is -0.122. The van der Waals surface area contributed by atoms with Crippen LogP contribution in [-0.2, 0) is 18.4 Å². The van der Waals surface area contributed by atoms with E-state index in [1.807, 2.05) is 4.90 Å². The molecule has 1 aliphatic heterocycles. The lowest BCUT2D eigenvalue weighted by Gasteiger charge is -2.31. The van der Waals surface area contributed by atoms with E-state index in [0.29, 0.717) is 49.6 Å². The van der Waals surface area contributed by atoms with Gasteiger partial charge in [-0.25, -0.2) is 4.79 Å². The first-order valence-corrected chi connectivity index (χ1v) is 7.78. The molecule has 0 spiro atoms. The number of H-pyrrole nitrogens is 1. The van der Waals surface area contributed by atoms with Gasteiger partial charge in [0.15, 0.2) is 11.2 Å². The third-order valence-corrected chi connectivity index (χ3v) is 4.48. The molecule has 1 saturated heterocycles. The maximum atomic E-state index is 12.2. The highest BCUT2D eigenvalue weighted by Gasteiger charge is 2.27. The lowest BCUT2D eigenvalue weighted by atomic mass is 9.96. The molecule has 2 aromatic heterocycles. The van der Waals surface area contributed by atoms with Crippen LogP contribution in [0.2, 0.25) is 0 Å². The van der Waals surface area contributed by atoms with Crippen LogP contribution in [0.5, 0.6) is 0 Å². The molecule has 0 unspecified atom stereocenters. The number of anilines is 1. The Morgan fingerprint density at radius 2 is 2.08 bits per heavy atom. The van der Waals surface area contributed by atoms with E-state index in [-0.39, 0.29) is 11.8 Å². The van der Waals surface area contributed by atoms with Crippen molar-refractivity contribution in [3.8, 4) is 0 Å². The number of allylic oxidation sites excluding steroid dienone is 1. The first kappa shape index (κ1) is 16.0. The summed E-state index contributed by atoms with van der Waals surface area (Å²) < 4.78 is 3.06. The number of amides is 1. The van der Waals surface area contributed by atoms with Crippen LogP contribution >= 0.6 is 0 Å². The van der Waals surface area contributed by atoms with E-state index in [0.717, 1.165) is 0 Å². The topological polar surface area (TPSA) is 119 Å². The Balaban J connectivity index is 2.10. The fourth-order valence-corrected chi connectivity index (χ4v) is 3.13. The van der Waals surface area contributed by atoms with Gasteiger partial charge in [-0.1, -0.05) is 6.08 Å². The molecular formula is C15H20N6O3. The van der Waals surface area contributed by atoms with Crippen LogP contribution in [0.3, 0.4) is 0 Å². The molecular weight excluding hydrogens is 312 g/mol. The predicted octanol–water partition coefficient (Wildman–Crippen LogP) is -0.689. The van der Waals surface area contributed by atoms with Crippen LogP contribution in [0.1, 0.15) is 12.8 Å². The summed E-state index contributed by atoms with van der Waals surface area (Å²) in [7, 11) is 1.56. The number of nitrogens with two attached hydrogens (primary N) is 1. The number of carbonyl (C=O) groups excluding carboxylic acids is 1. The van der Waals surface area contributed by atoms with Gasteiger partial charge in [0.25, 0.3) is 5.56 Å². The van der Waals surface area contributed by atoms with Crippen molar-refractivity contribution in [2.75, 3.05) is 18.0 Å². The highest BCUT2D eigenvalue weighted by atomic mass is 16.2. The van der Waals surface area contributed by atoms with E-state index < -0.39 is 11.2 Å². The maximum absolute atomic E-state index is 12.2. The predicted molar refractivity (Wildman–Crippen MR) is 89.9 cm³/mol. The Morgan fingerprint density at radius 3 is 2.67 bits per heavy atom. The Labute approximate surface area is 137 Å². The minimum Gasteiger partial charge on any atom is -0.369 e. The fraction of sp³-hybridized carbons (Fsp3) is 0.467. The second-order valence-corrected chi connectivity index (χ2v) is 5.97. The zero-order chi connectivity index (χ0) is 17.4. The van der Waals surface area contributed by atoms with E-state index in [1.54, 1.807) is 17.7 Å². The molecule has 1 aliphatic rings. The molecule has 1 amide bonds. The van der Waals surface area contributed by atoms with Gasteiger partial charge < -0.3 is 15.2 Å². The summed E-state index contributed by atoms with van der Waals surface area (Å²) in [5.74, 6) is 0.179. The van der Waals surface area contributed by atoms with Crippen LogP contribution in [0.25, 0.3) is 11.2 Å². The molecule has 3 rings (SSSR count). The maximum Gasteiger partial charge on any atom is 0.329 e. The number of hydrogen-bond donors (Lipinski definition) is 2. The largest absolute Gasteiger partial charge is 0.369 e. The molecule has 0 atom stereocenters. The van der Waals surface area contributed by atoms with E-state index in [2.05, 4.69) is 16.5 Å². The Bertz CT molecular complexity index is 914. The first-order chi connectivity index (χ1) is 11.4. The van der Waals surface area contributed by atoms with Gasteiger partial charge in [-0.2, -0.15) is 4.98 Å². The average Bonchev–Trinajstić information content (AvgIpc) is 2.93. The third-order valence-electron chi connectivity index (χ3n) is 4.48. The smallest absolute Gasteiger partial charge is 0.329 e. The first-order valence-electron chi connectivity index (χ1n) is 7.78. The minimum atomic E-state index is -0.505. The summed E-state index contributed by atoms with van der Waals surface area (Å²) in [6.45, 7) is 5.34. The average molecular weight is 332 g/mol. The highest BCUT2D eigenvalue weighted by molar-refractivity contribution is 5.77. The fourth-order valence-electron chi connectivity index (χ4n) is 3.13. The number of carbonyl (C=O) groups is 1. The molecule has 1 fully saturated rings. The number of rotatable bonds is 4. The minimum absolute atomic E-state index is 0.133. The molecule has 0 aliphatic carbocycles. The number of primary amides is 1. The Hall–Kier alpha value is -2.84. The van der Waals surface area contributed by atoms with Crippen molar-refractivity contribution >= 4 is 23.0 Å². The van der Waals surface area contributed by atoms with Crippen LogP contribution in [-0.4, -0.2) is 38.1 Å². The van der Waals surface area contributed by atoms with E-state index >= 15 is 0 Å². The van der Waals surface area contributed by atoms with Crippen LogP contribution in [0.4, 0.5) is 5.95 Å². The molecule has 0 bridgehead atoms. The number of nitrogens with zero attached hydrogens (tertiary/aromatic N) is 4. The van der Waals surface area contributed by atoms with Crippen LogP contribution < -0.4 is 21.9 Å². The number of aromatic amines is 1. The van der Waals surface area contributed by atoms with Gasteiger partial charge in [0.1, 0.15) is 0 Å². The summed E-state index contributed by atoms with van der Waals surface area (Å²) >= 11 is 0. The van der Waals surface area contributed by atoms with Gasteiger partial charge in [-0.05, 0) is 12.8 Å². The molecule has 9 nitrogen and oxygen atoms in total. The Morgan fingerprint density at radius 1 is 1.42 bits per heavy atom. The van der Waals surface area contributed by atoms with Gasteiger partial charge in [0.2, 0.25) is 11.9 Å². The van der Waals surface area contributed by atoms with E-state index in [1.165, 1.54) is 4.57 Å². The third kappa shape index (κ3) is 2.51. The summed E-state index contributed by atoms with van der Waals surface area (Å²) in [6.07, 6.45) is 2.95. The number of fused-ring (bicyclic) bond motifs is 1. The summed E-state index contributed by atoms with van der Waals surface area (Å²) in [5.41, 5.74) is 5.06. The van der Waals surface area contributed by atoms with Gasteiger partial charge in [0.05, 0.1) is 0 Å². The highest BCUT2D eigenvalue weighted by Crippen LogP contribution is 2.25. The van der Waals surface area contributed by atoms with Crippen molar-refractivity contribution in [3.63, 3.8) is 0 Å². The van der Waals surface area contributed by atoms with Crippen molar-refractivity contribution in [1.29, 1.82) is 0 Å². The standard InChI is InChI=1S/C15H20N6O3/c1-3-6-21-10-12(19(2)15(24)18-13(10)23)17-14(21)20-7-4-9(5-8-20)11(16)22/h3,9H,1,4-8H2,2H3,(H2,16,22)(H,18,23,24). The SMILES string of the molecule is C=CCn1c(N2CCC(C(N)=O)CC2)nc2c1c(=O)[nH]c(=O)n2C. The zero-order valence-corrected chi connectivity index (χ0v) is 13.5. The van der Waals surface area contributed by atoms with Crippen LogP contribution in [0, 0.1) is 5.92 Å². The number of aryl methyl sites for hydroxylation is 1. The number of hydrogen-bond acceptors (Lipinski definition) is 5. The van der Waals surface area contributed by atoms with Crippen molar-refractivity contribution in [1.82, 2.24) is 19.1 Å². The number of aromatic nitrogens is 4. The summed E-state index contributed by atoms with van der Waals surface area (Å²) in [5, 5.41) is 0. The molecule has 0 radical (unpaired) electrons. The summed E-state index contributed by atoms with van der Waals surface area (Å²) in [6, 6.07) is 0. The van der Waals surface area contributed by atoms with Gasteiger partial charge in [-0.15, -0.1) is 6.58 Å². The van der Waals surface area contributed by atoms with Crippen molar-refractivity contribution in [2.45, 2.75) is 19.4 Å². The molecule has 9 heteroatoms. The van der Waals surface area contributed by atoms with E-state index in [4.69, 9.17) is 5.73 Å². The zero-order valence-electron chi connectivity index (χ0n) is 13.5. The number of piperidine rings is 1. The van der Waals surface area contributed by atoms with Crippen molar-refractivity contribution in [2.24, 2.45) is 18.7 Å². The molecule has 3 heterocycles. The molecule has 0 aromatic carbocycles. The molecule has 0 saturated carbocycles. The number of imidazole rings is 1. The molecule has 3 N–H and O–H groups in total. The normalized spacial score (nSPS) is 15.8.